The van der Waals surface area contributed by atoms with Crippen molar-refractivity contribution in [3.05, 3.63) is 53.6 Å². The van der Waals surface area contributed by atoms with Gasteiger partial charge in [-0.3, -0.25) is 0 Å². The van der Waals surface area contributed by atoms with E-state index in [1.165, 1.54) is 23.4 Å². The minimum Gasteiger partial charge on any atom is -0.507 e. The van der Waals surface area contributed by atoms with Crippen LogP contribution in [0.5, 0.6) is 5.75 Å². The Balaban J connectivity index is 2.20. The summed E-state index contributed by atoms with van der Waals surface area (Å²) in [4.78, 5) is 1.84. The Hall–Kier alpha value is -1.92. The summed E-state index contributed by atoms with van der Waals surface area (Å²) in [5, 5.41) is 18.5. The summed E-state index contributed by atoms with van der Waals surface area (Å²) in [6.07, 6.45) is 1.02. The Morgan fingerprint density at radius 3 is 2.44 bits per heavy atom. The van der Waals surface area contributed by atoms with Crippen molar-refractivity contribution in [3.8, 4) is 11.8 Å². The molecule has 0 aliphatic rings. The number of aryl methyl sites for hydroxylation is 1. The van der Waals surface area contributed by atoms with E-state index >= 15 is 0 Å². The first-order valence-corrected chi connectivity index (χ1v) is 6.54. The largest absolute Gasteiger partial charge is 0.507 e. The maximum absolute atomic E-state index is 9.81. The molecule has 2 nitrogen and oxygen atoms in total. The minimum absolute atomic E-state index is 0.151. The van der Waals surface area contributed by atoms with Crippen LogP contribution in [0.4, 0.5) is 0 Å². The van der Waals surface area contributed by atoms with Crippen molar-refractivity contribution in [1.29, 1.82) is 5.26 Å². The molecule has 0 aromatic heterocycles. The zero-order chi connectivity index (χ0) is 13.0. The van der Waals surface area contributed by atoms with E-state index in [9.17, 15) is 5.11 Å². The van der Waals surface area contributed by atoms with Crippen molar-refractivity contribution in [2.45, 2.75) is 23.1 Å². The van der Waals surface area contributed by atoms with E-state index in [-0.39, 0.29) is 5.75 Å². The molecule has 0 fully saturated rings. The van der Waals surface area contributed by atoms with E-state index in [0.717, 1.165) is 16.2 Å². The molecule has 0 saturated heterocycles. The van der Waals surface area contributed by atoms with Crippen molar-refractivity contribution in [2.24, 2.45) is 0 Å². The normalized spacial score (nSPS) is 10.0. The average Bonchev–Trinajstić information content (AvgIpc) is 2.42. The molecule has 0 spiro atoms. The number of nitriles is 1. The van der Waals surface area contributed by atoms with E-state index in [4.69, 9.17) is 5.26 Å². The summed E-state index contributed by atoms with van der Waals surface area (Å²) < 4.78 is 0. The smallest absolute Gasteiger partial charge is 0.130 e. The first-order valence-electron chi connectivity index (χ1n) is 5.73. The van der Waals surface area contributed by atoms with Crippen LogP contribution in [0.15, 0.2) is 52.3 Å². The summed E-state index contributed by atoms with van der Waals surface area (Å²) in [5.41, 5.74) is 1.77. The Bertz CT molecular complexity index is 584. The van der Waals surface area contributed by atoms with Gasteiger partial charge in [0.15, 0.2) is 0 Å². The Kier molecular flexibility index (Phi) is 3.91. The molecule has 0 radical (unpaired) electrons. The van der Waals surface area contributed by atoms with Gasteiger partial charge < -0.3 is 5.11 Å². The molecule has 2 aromatic carbocycles. The lowest BCUT2D eigenvalue weighted by atomic mass is 10.2. The molecule has 0 atom stereocenters. The number of benzene rings is 2. The summed E-state index contributed by atoms with van der Waals surface area (Å²) in [5.74, 6) is 0.151. The maximum atomic E-state index is 9.81. The van der Waals surface area contributed by atoms with Crippen LogP contribution < -0.4 is 0 Å². The third-order valence-corrected chi connectivity index (χ3v) is 3.72. The van der Waals surface area contributed by atoms with Crippen LogP contribution in [0.3, 0.4) is 0 Å². The standard InChI is InChI=1S/C15H13NOS/c1-2-11-3-6-13(7-4-11)18-15-8-5-12(10-16)9-14(15)17/h3-9,17H,2H2,1H3. The van der Waals surface area contributed by atoms with Gasteiger partial charge in [-0.2, -0.15) is 5.26 Å². The van der Waals surface area contributed by atoms with Gasteiger partial charge in [0.05, 0.1) is 16.5 Å². The molecular formula is C15H13NOS. The lowest BCUT2D eigenvalue weighted by molar-refractivity contribution is 0.462. The Morgan fingerprint density at radius 2 is 1.89 bits per heavy atom. The number of hydrogen-bond donors (Lipinski definition) is 1. The van der Waals surface area contributed by atoms with Crippen LogP contribution in [0.1, 0.15) is 18.1 Å². The van der Waals surface area contributed by atoms with Crippen molar-refractivity contribution in [2.75, 3.05) is 0 Å². The van der Waals surface area contributed by atoms with Crippen molar-refractivity contribution in [3.63, 3.8) is 0 Å². The van der Waals surface area contributed by atoms with Gasteiger partial charge in [0.25, 0.3) is 0 Å². The highest BCUT2D eigenvalue weighted by molar-refractivity contribution is 7.99. The van der Waals surface area contributed by atoms with E-state index in [1.807, 2.05) is 18.2 Å². The highest BCUT2D eigenvalue weighted by Crippen LogP contribution is 2.34. The second-order valence-electron chi connectivity index (χ2n) is 3.89. The van der Waals surface area contributed by atoms with Gasteiger partial charge in [0.2, 0.25) is 0 Å². The fourth-order valence-corrected chi connectivity index (χ4v) is 2.42. The summed E-state index contributed by atoms with van der Waals surface area (Å²) in [6, 6.07) is 15.2. The Morgan fingerprint density at radius 1 is 1.17 bits per heavy atom. The molecule has 0 bridgehead atoms. The predicted molar refractivity (Wildman–Crippen MR) is 72.8 cm³/mol. The average molecular weight is 255 g/mol. The number of hydrogen-bond acceptors (Lipinski definition) is 3. The quantitative estimate of drug-likeness (QED) is 0.902. The van der Waals surface area contributed by atoms with E-state index in [0.29, 0.717) is 5.56 Å². The second-order valence-corrected chi connectivity index (χ2v) is 5.01. The number of phenols is 1. The second kappa shape index (κ2) is 5.61. The van der Waals surface area contributed by atoms with Gasteiger partial charge in [0.1, 0.15) is 5.75 Å². The fourth-order valence-electron chi connectivity index (χ4n) is 1.59. The predicted octanol–water partition coefficient (Wildman–Crippen LogP) is 3.98. The molecule has 0 amide bonds. The van der Waals surface area contributed by atoms with Crippen LogP contribution in [0.2, 0.25) is 0 Å². The molecule has 3 heteroatoms. The SMILES string of the molecule is CCc1ccc(Sc2ccc(C#N)cc2O)cc1. The van der Waals surface area contributed by atoms with E-state index in [2.05, 4.69) is 19.1 Å². The lowest BCUT2D eigenvalue weighted by Crippen LogP contribution is -1.81. The minimum atomic E-state index is 0.151. The zero-order valence-corrected chi connectivity index (χ0v) is 10.9. The maximum Gasteiger partial charge on any atom is 0.130 e. The summed E-state index contributed by atoms with van der Waals surface area (Å²) >= 11 is 1.49. The molecule has 0 saturated carbocycles. The third-order valence-electron chi connectivity index (χ3n) is 2.65. The van der Waals surface area contributed by atoms with Crippen LogP contribution in [0.25, 0.3) is 0 Å². The van der Waals surface area contributed by atoms with Crippen LogP contribution in [-0.4, -0.2) is 5.11 Å². The van der Waals surface area contributed by atoms with Gasteiger partial charge in [-0.15, -0.1) is 0 Å². The van der Waals surface area contributed by atoms with Gasteiger partial charge in [-0.05, 0) is 42.3 Å². The number of rotatable bonds is 3. The highest BCUT2D eigenvalue weighted by atomic mass is 32.2. The Labute approximate surface area is 111 Å². The third kappa shape index (κ3) is 2.85. The molecule has 0 unspecified atom stereocenters. The van der Waals surface area contributed by atoms with Crippen molar-refractivity contribution in [1.82, 2.24) is 0 Å². The van der Waals surface area contributed by atoms with Crippen LogP contribution in [-0.2, 0) is 6.42 Å². The number of aromatic hydroxyl groups is 1. The molecule has 2 aromatic rings. The summed E-state index contributed by atoms with van der Waals surface area (Å²) in [7, 11) is 0. The van der Waals surface area contributed by atoms with Gasteiger partial charge in [-0.1, -0.05) is 30.8 Å². The first-order chi connectivity index (χ1) is 8.72. The molecule has 18 heavy (non-hydrogen) atoms. The van der Waals surface area contributed by atoms with E-state index < -0.39 is 0 Å². The first kappa shape index (κ1) is 12.5. The molecule has 0 aliphatic heterocycles. The van der Waals surface area contributed by atoms with Crippen LogP contribution >= 0.6 is 11.8 Å². The number of nitrogens with zero attached hydrogens (tertiary/aromatic N) is 1. The monoisotopic (exact) mass is 255 g/mol. The zero-order valence-electron chi connectivity index (χ0n) is 10.1. The lowest BCUT2D eigenvalue weighted by Gasteiger charge is -2.05. The molecule has 0 aliphatic carbocycles. The number of phenolic OH excluding ortho intramolecular Hbond substituents is 1. The van der Waals surface area contributed by atoms with Gasteiger partial charge in [0, 0.05) is 4.90 Å². The van der Waals surface area contributed by atoms with Crippen LogP contribution in [0, 0.1) is 11.3 Å². The van der Waals surface area contributed by atoms with Gasteiger partial charge in [-0.25, -0.2) is 0 Å². The molecule has 90 valence electrons. The van der Waals surface area contributed by atoms with Gasteiger partial charge >= 0.3 is 0 Å². The summed E-state index contributed by atoms with van der Waals surface area (Å²) in [6.45, 7) is 2.12. The molecule has 1 N–H and O–H groups in total. The molecule has 2 rings (SSSR count). The van der Waals surface area contributed by atoms with Crippen molar-refractivity contribution < 1.29 is 5.11 Å². The van der Waals surface area contributed by atoms with E-state index in [1.54, 1.807) is 12.1 Å². The topological polar surface area (TPSA) is 44.0 Å². The fraction of sp³-hybridized carbons (Fsp3) is 0.133. The van der Waals surface area contributed by atoms with Crippen molar-refractivity contribution >= 4 is 11.8 Å². The molecular weight excluding hydrogens is 242 g/mol. The highest BCUT2D eigenvalue weighted by Gasteiger charge is 2.04. The molecule has 0 heterocycles.